The number of methoxy groups -OCH3 is 2. The molecule has 0 aliphatic heterocycles. The van der Waals surface area contributed by atoms with E-state index in [-0.39, 0.29) is 46.0 Å². The van der Waals surface area contributed by atoms with Crippen LogP contribution in [0.2, 0.25) is 0 Å². The molecular weight excluding hydrogens is 236 g/mol. The van der Waals surface area contributed by atoms with E-state index in [0.717, 1.165) is 0 Å². The topological polar surface area (TPSA) is 44.2 Å². The smallest absolute Gasteiger partial charge is 1.00 e. The Hall–Kier alpha value is -0.0738. The number of hydrogen-bond donors (Lipinski definition) is 0. The summed E-state index contributed by atoms with van der Waals surface area (Å²) in [4.78, 5) is 7.54. The normalized spacial score (nSPS) is 7.50. The van der Waals surface area contributed by atoms with Gasteiger partial charge in [0.1, 0.15) is 0 Å². The average Bonchev–Trinajstić information content (AvgIpc) is 2.05. The predicted molar refractivity (Wildman–Crippen MR) is 39.7 cm³/mol. The van der Waals surface area contributed by atoms with Crippen LogP contribution in [-0.2, 0) is 0 Å². The van der Waals surface area contributed by atoms with Crippen molar-refractivity contribution in [2.45, 2.75) is 0 Å². The third-order valence-electron chi connectivity index (χ3n) is 0.936. The van der Waals surface area contributed by atoms with Gasteiger partial charge in [-0.05, 0) is 0 Å². The van der Waals surface area contributed by atoms with Crippen molar-refractivity contribution in [3.8, 4) is 11.9 Å². The Morgan fingerprint density at radius 2 is 2.00 bits per heavy atom. The Kier molecular flexibility index (Phi) is 9.11. The van der Waals surface area contributed by atoms with Gasteiger partial charge >= 0.3 is 29.1 Å². The van der Waals surface area contributed by atoms with Gasteiger partial charge in [0.05, 0.1) is 14.2 Å². The van der Waals surface area contributed by atoms with Crippen molar-refractivity contribution in [1.82, 2.24) is 9.97 Å². The van der Waals surface area contributed by atoms with Gasteiger partial charge in [0, 0.05) is 5.88 Å². The van der Waals surface area contributed by atoms with Crippen molar-refractivity contribution in [2.75, 3.05) is 14.2 Å². The van der Waals surface area contributed by atoms with Crippen LogP contribution in [0.1, 0.15) is 0 Å². The van der Waals surface area contributed by atoms with Gasteiger partial charge in [0.15, 0.2) is 0 Å². The van der Waals surface area contributed by atoms with Gasteiger partial charge in [-0.1, -0.05) is 0 Å². The molecule has 0 aromatic carbocycles. The molecule has 0 amide bonds. The van der Waals surface area contributed by atoms with Crippen LogP contribution in [0.25, 0.3) is 0 Å². The van der Waals surface area contributed by atoms with Gasteiger partial charge in [-0.2, -0.15) is 4.98 Å². The molecule has 0 fully saturated rings. The molecule has 0 radical (unpaired) electrons. The first-order chi connectivity index (χ1) is 4.86. The van der Waals surface area contributed by atoms with E-state index in [2.05, 4.69) is 16.0 Å². The molecule has 1 rings (SSSR count). The van der Waals surface area contributed by atoms with Crippen LogP contribution in [0.4, 0.5) is 0 Å². The van der Waals surface area contributed by atoms with Crippen LogP contribution in [0, 0.1) is 6.07 Å². The van der Waals surface area contributed by atoms with Crippen molar-refractivity contribution in [1.29, 1.82) is 0 Å². The predicted octanol–water partition coefficient (Wildman–Crippen LogP) is -3.08. The summed E-state index contributed by atoms with van der Waals surface area (Å²) >= 11 is 0. The summed E-state index contributed by atoms with van der Waals surface area (Å²) in [5.41, 5.74) is 0. The molecular formula is C6H7BrMgN2O2. The van der Waals surface area contributed by atoms with E-state index in [1.165, 1.54) is 20.4 Å². The molecule has 0 spiro atoms. The second-order valence-electron chi connectivity index (χ2n) is 1.51. The van der Waals surface area contributed by atoms with Crippen LogP contribution >= 0.6 is 0 Å². The SMILES string of the molecule is COc1[c-]cnc(OC)n1.[Br-].[Mg+2]. The summed E-state index contributed by atoms with van der Waals surface area (Å²) in [6.07, 6.45) is 1.45. The average molecular weight is 243 g/mol. The van der Waals surface area contributed by atoms with E-state index in [1.54, 1.807) is 0 Å². The Bertz CT molecular complexity index is 205. The molecule has 62 valence electrons. The standard InChI is InChI=1S/C6H7N2O2.BrH.Mg/c1-9-5-3-4-7-6(8-5)10-2;;/h4H,1-2H3;1H;/q-1;;+2/p-1. The molecule has 0 saturated heterocycles. The van der Waals surface area contributed by atoms with Crippen LogP contribution in [0.15, 0.2) is 6.20 Å². The first kappa shape index (κ1) is 14.5. The molecule has 6 heteroatoms. The van der Waals surface area contributed by atoms with E-state index in [4.69, 9.17) is 9.47 Å². The molecule has 1 aromatic heterocycles. The van der Waals surface area contributed by atoms with Crippen molar-refractivity contribution in [3.05, 3.63) is 12.3 Å². The van der Waals surface area contributed by atoms with Crippen molar-refractivity contribution in [3.63, 3.8) is 0 Å². The van der Waals surface area contributed by atoms with E-state index in [1.807, 2.05) is 0 Å². The Balaban J connectivity index is 0. The summed E-state index contributed by atoms with van der Waals surface area (Å²) < 4.78 is 9.50. The van der Waals surface area contributed by atoms with Gasteiger partial charge in [-0.3, -0.25) is 0 Å². The zero-order chi connectivity index (χ0) is 7.40. The third kappa shape index (κ3) is 4.08. The molecule has 0 N–H and O–H groups in total. The molecule has 0 unspecified atom stereocenters. The molecule has 0 atom stereocenters. The molecule has 0 aliphatic rings. The Labute approximate surface area is 97.6 Å². The Morgan fingerprint density at radius 3 is 2.50 bits per heavy atom. The maximum absolute atomic E-state index is 4.77. The van der Waals surface area contributed by atoms with Gasteiger partial charge in [-0.15, -0.1) is 6.20 Å². The maximum atomic E-state index is 4.77. The summed E-state index contributed by atoms with van der Waals surface area (Å²) in [6, 6.07) is 2.96. The van der Waals surface area contributed by atoms with Crippen LogP contribution in [0.5, 0.6) is 11.9 Å². The quantitative estimate of drug-likeness (QED) is 0.408. The molecule has 0 bridgehead atoms. The molecule has 12 heavy (non-hydrogen) atoms. The molecule has 4 nitrogen and oxygen atoms in total. The second kappa shape index (κ2) is 7.57. The largest absolute Gasteiger partial charge is 2.00 e. The minimum Gasteiger partial charge on any atom is -1.00 e. The number of halogens is 1. The second-order valence-corrected chi connectivity index (χ2v) is 1.51. The number of nitrogens with zero attached hydrogens (tertiary/aromatic N) is 2. The summed E-state index contributed by atoms with van der Waals surface area (Å²) in [5, 5.41) is 0. The summed E-state index contributed by atoms with van der Waals surface area (Å²) in [6.45, 7) is 0. The number of rotatable bonds is 2. The monoisotopic (exact) mass is 242 g/mol. The first-order valence-electron chi connectivity index (χ1n) is 2.69. The fraction of sp³-hybridized carbons (Fsp3) is 0.333. The van der Waals surface area contributed by atoms with Crippen LogP contribution in [0.3, 0.4) is 0 Å². The van der Waals surface area contributed by atoms with Gasteiger partial charge in [0.25, 0.3) is 0 Å². The van der Waals surface area contributed by atoms with Crippen molar-refractivity contribution < 1.29 is 26.5 Å². The van der Waals surface area contributed by atoms with Gasteiger partial charge in [0.2, 0.25) is 0 Å². The summed E-state index contributed by atoms with van der Waals surface area (Å²) in [5.74, 6) is 0.381. The van der Waals surface area contributed by atoms with Crippen LogP contribution < -0.4 is 26.5 Å². The van der Waals surface area contributed by atoms with E-state index < -0.39 is 0 Å². The van der Waals surface area contributed by atoms with Gasteiger partial charge in [-0.25, -0.2) is 4.98 Å². The molecule has 1 aromatic rings. The third-order valence-corrected chi connectivity index (χ3v) is 0.936. The minimum absolute atomic E-state index is 0. The fourth-order valence-corrected chi connectivity index (χ4v) is 0.494. The van der Waals surface area contributed by atoms with Gasteiger partial charge < -0.3 is 32.5 Å². The van der Waals surface area contributed by atoms with Crippen molar-refractivity contribution >= 4 is 23.1 Å². The molecule has 0 aliphatic carbocycles. The fourth-order valence-electron chi connectivity index (χ4n) is 0.494. The molecule has 0 saturated carbocycles. The molecule has 1 heterocycles. The first-order valence-corrected chi connectivity index (χ1v) is 2.69. The number of ether oxygens (including phenoxy) is 2. The summed E-state index contributed by atoms with van der Waals surface area (Å²) in [7, 11) is 3.01. The Morgan fingerprint density at radius 1 is 1.33 bits per heavy atom. The maximum Gasteiger partial charge on any atom is 2.00 e. The van der Waals surface area contributed by atoms with Crippen molar-refractivity contribution in [2.24, 2.45) is 0 Å². The van der Waals surface area contributed by atoms with E-state index >= 15 is 0 Å². The zero-order valence-electron chi connectivity index (χ0n) is 6.87. The zero-order valence-corrected chi connectivity index (χ0v) is 9.87. The van der Waals surface area contributed by atoms with Crippen LogP contribution in [-0.4, -0.2) is 47.2 Å². The van der Waals surface area contributed by atoms with E-state index in [0.29, 0.717) is 5.88 Å². The number of aromatic nitrogens is 2. The van der Waals surface area contributed by atoms with E-state index in [9.17, 15) is 0 Å². The minimum atomic E-state index is 0. The number of hydrogen-bond acceptors (Lipinski definition) is 4.